The molecule has 4 aromatic rings. The first-order valence-electron chi connectivity index (χ1n) is 10.7. The second kappa shape index (κ2) is 10.7. The van der Waals surface area contributed by atoms with Gasteiger partial charge in [-0.2, -0.15) is 5.26 Å². The van der Waals surface area contributed by atoms with Crippen LogP contribution in [0.4, 0.5) is 0 Å². The maximum atomic E-state index is 10.7. The first kappa shape index (κ1) is 23.8. The molecule has 4 rings (SSSR count). The van der Waals surface area contributed by atoms with Crippen molar-refractivity contribution in [1.82, 2.24) is 4.98 Å². The second-order valence-electron chi connectivity index (χ2n) is 7.60. The van der Waals surface area contributed by atoms with Crippen LogP contribution in [-0.2, 0) is 11.4 Å². The van der Waals surface area contributed by atoms with Crippen LogP contribution in [0.1, 0.15) is 16.1 Å². The fourth-order valence-electron chi connectivity index (χ4n) is 3.45. The average Bonchev–Trinajstić information content (AvgIpc) is 3.31. The van der Waals surface area contributed by atoms with Crippen LogP contribution in [0.25, 0.3) is 21.7 Å². The fraction of sp³-hybridized carbons (Fsp3) is 0.148. The van der Waals surface area contributed by atoms with Crippen molar-refractivity contribution in [2.75, 3.05) is 13.7 Å². The summed E-state index contributed by atoms with van der Waals surface area (Å²) < 4.78 is 16.5. The standard InChI is InChI=1S/C27H22N2O5S/c1-17-12-22(10-11-23(17)34-16-25(30)31)33-15-24-29-26(19-6-8-21(32-2)9-7-19)27(35-24)20-5-3-4-18(13-20)14-28/h3-13H,15-16H2,1-2H3,(H,30,31). The molecule has 3 aromatic carbocycles. The number of benzene rings is 3. The number of nitrogens with zero attached hydrogens (tertiary/aromatic N) is 2. The third-order valence-corrected chi connectivity index (χ3v) is 6.23. The molecular formula is C27H22N2O5S. The van der Waals surface area contributed by atoms with Crippen LogP contribution in [0.3, 0.4) is 0 Å². The van der Waals surface area contributed by atoms with Gasteiger partial charge in [0.15, 0.2) is 6.61 Å². The topological polar surface area (TPSA) is 102 Å². The molecule has 0 spiro atoms. The number of methoxy groups -OCH3 is 1. The highest BCUT2D eigenvalue weighted by molar-refractivity contribution is 7.15. The third kappa shape index (κ3) is 5.78. The first-order chi connectivity index (χ1) is 17.0. The van der Waals surface area contributed by atoms with E-state index < -0.39 is 12.6 Å². The Labute approximate surface area is 206 Å². The number of carboxylic acids is 1. The van der Waals surface area contributed by atoms with Crippen LogP contribution < -0.4 is 14.2 Å². The summed E-state index contributed by atoms with van der Waals surface area (Å²) in [5.41, 5.74) is 4.00. The summed E-state index contributed by atoms with van der Waals surface area (Å²) in [6.45, 7) is 1.68. The number of rotatable bonds is 9. The zero-order chi connectivity index (χ0) is 24.8. The van der Waals surface area contributed by atoms with Crippen molar-refractivity contribution in [3.63, 3.8) is 0 Å². The van der Waals surface area contributed by atoms with Gasteiger partial charge in [-0.3, -0.25) is 0 Å². The largest absolute Gasteiger partial charge is 0.497 e. The number of hydrogen-bond acceptors (Lipinski definition) is 7. The Morgan fingerprint density at radius 2 is 1.80 bits per heavy atom. The van der Waals surface area contributed by atoms with Crippen molar-refractivity contribution in [3.05, 3.63) is 82.9 Å². The summed E-state index contributed by atoms with van der Waals surface area (Å²) in [6, 6.07) is 22.5. The lowest BCUT2D eigenvalue weighted by Gasteiger charge is -2.09. The van der Waals surface area contributed by atoms with E-state index >= 15 is 0 Å². The molecule has 0 saturated heterocycles. The molecule has 0 atom stereocenters. The highest BCUT2D eigenvalue weighted by Gasteiger charge is 2.16. The van der Waals surface area contributed by atoms with E-state index in [1.165, 1.54) is 11.3 Å². The Balaban J connectivity index is 1.60. The highest BCUT2D eigenvalue weighted by atomic mass is 32.1. The van der Waals surface area contributed by atoms with Crippen molar-refractivity contribution >= 4 is 17.3 Å². The Morgan fingerprint density at radius 3 is 2.49 bits per heavy atom. The lowest BCUT2D eigenvalue weighted by Crippen LogP contribution is -2.10. The molecule has 176 valence electrons. The number of aromatic nitrogens is 1. The smallest absolute Gasteiger partial charge is 0.341 e. The zero-order valence-corrected chi connectivity index (χ0v) is 20.0. The normalized spacial score (nSPS) is 10.4. The molecule has 0 amide bonds. The Morgan fingerprint density at radius 1 is 1.03 bits per heavy atom. The maximum Gasteiger partial charge on any atom is 0.341 e. The van der Waals surface area contributed by atoms with Gasteiger partial charge in [-0.1, -0.05) is 12.1 Å². The number of carboxylic acid groups (broad SMARTS) is 1. The van der Waals surface area contributed by atoms with Crippen LogP contribution in [0, 0.1) is 18.3 Å². The van der Waals surface area contributed by atoms with Gasteiger partial charge in [-0.05, 0) is 72.6 Å². The summed E-state index contributed by atoms with van der Waals surface area (Å²) in [5, 5.41) is 18.9. The molecular weight excluding hydrogens is 464 g/mol. The molecule has 0 radical (unpaired) electrons. The summed E-state index contributed by atoms with van der Waals surface area (Å²) in [7, 11) is 1.62. The van der Waals surface area contributed by atoms with E-state index in [4.69, 9.17) is 24.3 Å². The molecule has 0 aliphatic heterocycles. The zero-order valence-electron chi connectivity index (χ0n) is 19.1. The van der Waals surface area contributed by atoms with Crippen molar-refractivity contribution < 1.29 is 24.1 Å². The molecule has 0 fully saturated rings. The molecule has 0 aliphatic rings. The molecule has 7 nitrogen and oxygen atoms in total. The van der Waals surface area contributed by atoms with E-state index in [1.54, 1.807) is 31.4 Å². The third-order valence-electron chi connectivity index (χ3n) is 5.15. The summed E-state index contributed by atoms with van der Waals surface area (Å²) in [5.74, 6) is 0.846. The van der Waals surface area contributed by atoms with E-state index in [9.17, 15) is 10.1 Å². The van der Waals surface area contributed by atoms with E-state index in [-0.39, 0.29) is 6.61 Å². The summed E-state index contributed by atoms with van der Waals surface area (Å²) >= 11 is 1.51. The molecule has 0 unspecified atom stereocenters. The van der Waals surface area contributed by atoms with Crippen molar-refractivity contribution in [3.8, 4) is 45.0 Å². The van der Waals surface area contributed by atoms with Gasteiger partial charge in [-0.15, -0.1) is 11.3 Å². The Hall–Kier alpha value is -4.35. The van der Waals surface area contributed by atoms with E-state index in [2.05, 4.69) is 6.07 Å². The number of aryl methyl sites for hydroxylation is 1. The number of hydrogen-bond donors (Lipinski definition) is 1. The molecule has 0 bridgehead atoms. The molecule has 0 aliphatic carbocycles. The monoisotopic (exact) mass is 486 g/mol. The molecule has 8 heteroatoms. The SMILES string of the molecule is COc1ccc(-c2nc(COc3ccc(OCC(=O)O)c(C)c3)sc2-c2cccc(C#N)c2)cc1. The number of aliphatic carboxylic acids is 1. The van der Waals surface area contributed by atoms with Gasteiger partial charge < -0.3 is 19.3 Å². The lowest BCUT2D eigenvalue weighted by molar-refractivity contribution is -0.139. The van der Waals surface area contributed by atoms with E-state index in [0.717, 1.165) is 38.0 Å². The molecule has 0 saturated carbocycles. The fourth-order valence-corrected chi connectivity index (χ4v) is 4.45. The van der Waals surface area contributed by atoms with Gasteiger partial charge in [0, 0.05) is 5.56 Å². The van der Waals surface area contributed by atoms with E-state index in [0.29, 0.717) is 17.1 Å². The van der Waals surface area contributed by atoms with Gasteiger partial charge in [0.05, 0.1) is 29.3 Å². The number of carbonyl (C=O) groups is 1. The lowest BCUT2D eigenvalue weighted by atomic mass is 10.0. The molecule has 1 N–H and O–H groups in total. The van der Waals surface area contributed by atoms with Crippen LogP contribution in [0.15, 0.2) is 66.7 Å². The van der Waals surface area contributed by atoms with Crippen LogP contribution >= 0.6 is 11.3 Å². The minimum Gasteiger partial charge on any atom is -0.497 e. The molecule has 1 aromatic heterocycles. The average molecular weight is 487 g/mol. The minimum absolute atomic E-state index is 0.251. The highest BCUT2D eigenvalue weighted by Crippen LogP contribution is 2.38. The van der Waals surface area contributed by atoms with Gasteiger partial charge in [0.1, 0.15) is 28.9 Å². The predicted molar refractivity (Wildman–Crippen MR) is 133 cm³/mol. The number of nitriles is 1. The Kier molecular flexibility index (Phi) is 7.29. The molecule has 35 heavy (non-hydrogen) atoms. The summed E-state index contributed by atoms with van der Waals surface area (Å²) in [4.78, 5) is 16.5. The number of thiazole rings is 1. The Bertz CT molecular complexity index is 1390. The van der Waals surface area contributed by atoms with E-state index in [1.807, 2.05) is 49.4 Å². The van der Waals surface area contributed by atoms with Gasteiger partial charge >= 0.3 is 5.97 Å². The quantitative estimate of drug-likeness (QED) is 0.323. The van der Waals surface area contributed by atoms with Crippen LogP contribution in [-0.4, -0.2) is 29.8 Å². The van der Waals surface area contributed by atoms with Gasteiger partial charge in [0.25, 0.3) is 0 Å². The van der Waals surface area contributed by atoms with Crippen molar-refractivity contribution in [1.29, 1.82) is 5.26 Å². The first-order valence-corrected chi connectivity index (χ1v) is 11.5. The van der Waals surface area contributed by atoms with Gasteiger partial charge in [0.2, 0.25) is 0 Å². The van der Waals surface area contributed by atoms with Gasteiger partial charge in [-0.25, -0.2) is 9.78 Å². The predicted octanol–water partition coefficient (Wildman–Crippen LogP) is 5.71. The summed E-state index contributed by atoms with van der Waals surface area (Å²) in [6.07, 6.45) is 0. The van der Waals surface area contributed by atoms with Crippen LogP contribution in [0.5, 0.6) is 17.2 Å². The van der Waals surface area contributed by atoms with Crippen molar-refractivity contribution in [2.24, 2.45) is 0 Å². The number of ether oxygens (including phenoxy) is 3. The molecule has 1 heterocycles. The minimum atomic E-state index is -1.03. The van der Waals surface area contributed by atoms with Crippen LogP contribution in [0.2, 0.25) is 0 Å². The second-order valence-corrected chi connectivity index (χ2v) is 8.69. The van der Waals surface area contributed by atoms with Crippen molar-refractivity contribution in [2.45, 2.75) is 13.5 Å². The maximum absolute atomic E-state index is 10.7.